The molecule has 0 unspecified atom stereocenters. The summed E-state index contributed by atoms with van der Waals surface area (Å²) in [5.74, 6) is 1.61. The number of nitrogens with zero attached hydrogens (tertiary/aromatic N) is 1. The smallest absolute Gasteiger partial charge is 0.257 e. The first-order valence-corrected chi connectivity index (χ1v) is 9.57. The van der Waals surface area contributed by atoms with E-state index in [0.29, 0.717) is 29.5 Å². The maximum Gasteiger partial charge on any atom is 0.257 e. The Labute approximate surface area is 163 Å². The van der Waals surface area contributed by atoms with Crippen LogP contribution in [0.4, 0.5) is 5.82 Å². The summed E-state index contributed by atoms with van der Waals surface area (Å²) in [6, 6.07) is 15.5. The predicted octanol–water partition coefficient (Wildman–Crippen LogP) is 4.55. The van der Waals surface area contributed by atoms with E-state index >= 15 is 0 Å². The second-order valence-corrected chi connectivity index (χ2v) is 7.16. The SMILES string of the molecule is CCOc1ccccc1C(=O)N1CC[C@@H](Nc2cc3ccc(Cl)cc3[nH]2)C1. The minimum atomic E-state index is 0.0202. The Morgan fingerprint density at radius 2 is 2.15 bits per heavy atom. The molecule has 0 bridgehead atoms. The maximum absolute atomic E-state index is 12.9. The van der Waals surface area contributed by atoms with Gasteiger partial charge < -0.3 is 19.9 Å². The van der Waals surface area contributed by atoms with Gasteiger partial charge in [0.05, 0.1) is 12.2 Å². The standard InChI is InChI=1S/C21H22ClN3O2/c1-2-27-19-6-4-3-5-17(19)21(26)25-10-9-16(13-25)23-20-11-14-7-8-15(22)12-18(14)24-20/h3-8,11-12,16,23-24H,2,9-10,13H2,1H3/t16-/m1/s1. The molecule has 1 aliphatic rings. The van der Waals surface area contributed by atoms with Crippen LogP contribution in [0.25, 0.3) is 10.9 Å². The van der Waals surface area contributed by atoms with Gasteiger partial charge in [0.2, 0.25) is 0 Å². The quantitative estimate of drug-likeness (QED) is 0.679. The molecule has 27 heavy (non-hydrogen) atoms. The largest absolute Gasteiger partial charge is 0.493 e. The number of benzene rings is 2. The van der Waals surface area contributed by atoms with Crippen LogP contribution >= 0.6 is 11.6 Å². The van der Waals surface area contributed by atoms with E-state index < -0.39 is 0 Å². The summed E-state index contributed by atoms with van der Waals surface area (Å²) in [7, 11) is 0. The van der Waals surface area contributed by atoms with Crippen LogP contribution in [0.15, 0.2) is 48.5 Å². The first-order chi connectivity index (χ1) is 13.1. The lowest BCUT2D eigenvalue weighted by Crippen LogP contribution is -2.31. The van der Waals surface area contributed by atoms with Gasteiger partial charge in [-0.05, 0) is 43.7 Å². The lowest BCUT2D eigenvalue weighted by atomic mass is 10.2. The van der Waals surface area contributed by atoms with Crippen molar-refractivity contribution in [2.45, 2.75) is 19.4 Å². The van der Waals surface area contributed by atoms with E-state index in [1.807, 2.05) is 54.3 Å². The van der Waals surface area contributed by atoms with Crippen molar-refractivity contribution in [3.8, 4) is 5.75 Å². The van der Waals surface area contributed by atoms with Gasteiger partial charge in [-0.15, -0.1) is 0 Å². The predicted molar refractivity (Wildman–Crippen MR) is 109 cm³/mol. The minimum absolute atomic E-state index is 0.0202. The van der Waals surface area contributed by atoms with Crippen molar-refractivity contribution in [2.75, 3.05) is 25.0 Å². The molecule has 140 valence electrons. The number of anilines is 1. The zero-order chi connectivity index (χ0) is 18.8. The molecular formula is C21H22ClN3O2. The average Bonchev–Trinajstić information content (AvgIpc) is 3.28. The number of carbonyl (C=O) groups excluding carboxylic acids is 1. The van der Waals surface area contributed by atoms with E-state index in [9.17, 15) is 4.79 Å². The number of para-hydroxylation sites is 1. The zero-order valence-electron chi connectivity index (χ0n) is 15.2. The van der Waals surface area contributed by atoms with Gasteiger partial charge in [-0.2, -0.15) is 0 Å². The van der Waals surface area contributed by atoms with Crippen molar-refractivity contribution in [1.82, 2.24) is 9.88 Å². The van der Waals surface area contributed by atoms with Gasteiger partial charge in [-0.3, -0.25) is 4.79 Å². The summed E-state index contributed by atoms with van der Waals surface area (Å²) >= 11 is 6.05. The highest BCUT2D eigenvalue weighted by Crippen LogP contribution is 2.26. The Balaban J connectivity index is 1.44. The molecule has 3 aromatic rings. The molecule has 0 radical (unpaired) electrons. The first kappa shape index (κ1) is 17.7. The van der Waals surface area contributed by atoms with Crippen LogP contribution in [0, 0.1) is 0 Å². The fraction of sp³-hybridized carbons (Fsp3) is 0.286. The number of likely N-dealkylation sites (tertiary alicyclic amines) is 1. The molecule has 4 rings (SSSR count). The lowest BCUT2D eigenvalue weighted by molar-refractivity contribution is 0.0787. The Morgan fingerprint density at radius 3 is 3.00 bits per heavy atom. The van der Waals surface area contributed by atoms with Gasteiger partial charge in [0.25, 0.3) is 5.91 Å². The zero-order valence-corrected chi connectivity index (χ0v) is 15.9. The first-order valence-electron chi connectivity index (χ1n) is 9.20. The number of hydrogen-bond acceptors (Lipinski definition) is 3. The molecule has 1 fully saturated rings. The van der Waals surface area contributed by atoms with Crippen LogP contribution in [0.3, 0.4) is 0 Å². The number of H-pyrrole nitrogens is 1. The highest BCUT2D eigenvalue weighted by molar-refractivity contribution is 6.31. The Bertz CT molecular complexity index is 969. The van der Waals surface area contributed by atoms with Gasteiger partial charge in [-0.1, -0.05) is 29.8 Å². The van der Waals surface area contributed by atoms with Crippen molar-refractivity contribution in [2.24, 2.45) is 0 Å². The molecule has 1 saturated heterocycles. The summed E-state index contributed by atoms with van der Waals surface area (Å²) in [5, 5.41) is 5.32. The number of nitrogens with one attached hydrogen (secondary N) is 2. The number of aromatic amines is 1. The summed E-state index contributed by atoms with van der Waals surface area (Å²) in [6.45, 7) is 3.85. The third kappa shape index (κ3) is 3.74. The lowest BCUT2D eigenvalue weighted by Gasteiger charge is -2.19. The Hall–Kier alpha value is -2.66. The summed E-state index contributed by atoms with van der Waals surface area (Å²) in [5.41, 5.74) is 1.63. The highest BCUT2D eigenvalue weighted by Gasteiger charge is 2.28. The summed E-state index contributed by atoms with van der Waals surface area (Å²) < 4.78 is 5.60. The third-order valence-electron chi connectivity index (χ3n) is 4.84. The molecule has 1 aliphatic heterocycles. The van der Waals surface area contributed by atoms with Crippen molar-refractivity contribution in [3.05, 3.63) is 59.1 Å². The number of amides is 1. The van der Waals surface area contributed by atoms with Gasteiger partial charge in [0.15, 0.2) is 0 Å². The number of carbonyl (C=O) groups is 1. The molecule has 0 spiro atoms. The normalized spacial score (nSPS) is 16.7. The van der Waals surface area contributed by atoms with Crippen LogP contribution in [0.5, 0.6) is 5.75 Å². The molecule has 1 amide bonds. The number of halogens is 1. The van der Waals surface area contributed by atoms with Gasteiger partial charge >= 0.3 is 0 Å². The van der Waals surface area contributed by atoms with Crippen LogP contribution in [0.1, 0.15) is 23.7 Å². The van der Waals surface area contributed by atoms with Crippen LogP contribution in [0.2, 0.25) is 5.02 Å². The topological polar surface area (TPSA) is 57.4 Å². The fourth-order valence-corrected chi connectivity index (χ4v) is 3.73. The molecular weight excluding hydrogens is 362 g/mol. The highest BCUT2D eigenvalue weighted by atomic mass is 35.5. The van der Waals surface area contributed by atoms with E-state index in [1.165, 1.54) is 0 Å². The minimum Gasteiger partial charge on any atom is -0.493 e. The third-order valence-corrected chi connectivity index (χ3v) is 5.07. The monoisotopic (exact) mass is 383 g/mol. The molecule has 2 aromatic carbocycles. The van der Waals surface area contributed by atoms with Crippen LogP contribution in [-0.2, 0) is 0 Å². The number of aromatic nitrogens is 1. The maximum atomic E-state index is 12.9. The van der Waals surface area contributed by atoms with E-state index in [-0.39, 0.29) is 11.9 Å². The number of fused-ring (bicyclic) bond motifs is 1. The summed E-state index contributed by atoms with van der Waals surface area (Å²) in [4.78, 5) is 18.1. The van der Waals surface area contributed by atoms with Crippen LogP contribution < -0.4 is 10.1 Å². The van der Waals surface area contributed by atoms with Gasteiger partial charge in [-0.25, -0.2) is 0 Å². The molecule has 2 N–H and O–H groups in total. The van der Waals surface area contributed by atoms with Crippen molar-refractivity contribution >= 4 is 34.2 Å². The molecule has 1 atom stereocenters. The Morgan fingerprint density at radius 1 is 1.30 bits per heavy atom. The average molecular weight is 384 g/mol. The van der Waals surface area contributed by atoms with Gasteiger partial charge in [0, 0.05) is 35.1 Å². The second kappa shape index (κ2) is 7.53. The molecule has 2 heterocycles. The van der Waals surface area contributed by atoms with E-state index in [0.717, 1.165) is 29.7 Å². The van der Waals surface area contributed by atoms with Gasteiger partial charge in [0.1, 0.15) is 11.6 Å². The molecule has 6 heteroatoms. The van der Waals surface area contributed by atoms with Crippen LogP contribution in [-0.4, -0.2) is 41.5 Å². The number of hydrogen-bond donors (Lipinski definition) is 2. The van der Waals surface area contributed by atoms with Crippen molar-refractivity contribution in [3.63, 3.8) is 0 Å². The van der Waals surface area contributed by atoms with Crippen molar-refractivity contribution < 1.29 is 9.53 Å². The number of ether oxygens (including phenoxy) is 1. The molecule has 0 saturated carbocycles. The second-order valence-electron chi connectivity index (χ2n) is 6.72. The molecule has 1 aromatic heterocycles. The fourth-order valence-electron chi connectivity index (χ4n) is 3.55. The molecule has 0 aliphatic carbocycles. The van der Waals surface area contributed by atoms with E-state index in [2.05, 4.69) is 16.4 Å². The molecule has 5 nitrogen and oxygen atoms in total. The summed E-state index contributed by atoms with van der Waals surface area (Å²) in [6.07, 6.45) is 0.901. The van der Waals surface area contributed by atoms with Crippen molar-refractivity contribution in [1.29, 1.82) is 0 Å². The number of rotatable bonds is 5. The van der Waals surface area contributed by atoms with E-state index in [1.54, 1.807) is 0 Å². The Kier molecular flexibility index (Phi) is 4.94. The van der Waals surface area contributed by atoms with E-state index in [4.69, 9.17) is 16.3 Å².